The molecular weight excluding hydrogens is 400 g/mol. The average Bonchev–Trinajstić information content (AvgIpc) is 2.73. The molecule has 6 N–H and O–H groups in total. The molecular formula is C20H38O10. The minimum absolute atomic E-state index is 0.293. The van der Waals surface area contributed by atoms with Gasteiger partial charge in [-0.05, 0) is 13.3 Å². The molecule has 10 heteroatoms. The first-order valence-corrected chi connectivity index (χ1v) is 10.9. The zero-order valence-corrected chi connectivity index (χ0v) is 17.7. The van der Waals surface area contributed by atoms with Crippen molar-refractivity contribution in [3.8, 4) is 0 Å². The third-order valence-corrected chi connectivity index (χ3v) is 5.68. The van der Waals surface area contributed by atoms with Crippen LogP contribution in [0.1, 0.15) is 52.4 Å². The molecule has 0 amide bonds. The summed E-state index contributed by atoms with van der Waals surface area (Å²) in [6.45, 7) is 3.72. The normalized spacial score (nSPS) is 42.4. The summed E-state index contributed by atoms with van der Waals surface area (Å²) in [7, 11) is 0. The summed E-state index contributed by atoms with van der Waals surface area (Å²) in [5.74, 6) is 0. The molecule has 2 aliphatic rings. The molecule has 0 aromatic carbocycles. The van der Waals surface area contributed by atoms with Gasteiger partial charge >= 0.3 is 0 Å². The summed E-state index contributed by atoms with van der Waals surface area (Å²) in [6, 6.07) is 0. The molecule has 0 radical (unpaired) electrons. The Bertz CT molecular complexity index is 481. The Morgan fingerprint density at radius 2 is 1.20 bits per heavy atom. The van der Waals surface area contributed by atoms with Crippen LogP contribution in [-0.4, -0.2) is 105 Å². The molecule has 0 aliphatic carbocycles. The predicted molar refractivity (Wildman–Crippen MR) is 104 cm³/mol. The molecule has 0 saturated carbocycles. The molecule has 178 valence electrons. The highest BCUT2D eigenvalue weighted by Crippen LogP contribution is 2.26. The summed E-state index contributed by atoms with van der Waals surface area (Å²) in [4.78, 5) is 0. The second-order valence-electron chi connectivity index (χ2n) is 8.17. The lowest BCUT2D eigenvalue weighted by atomic mass is 9.98. The highest BCUT2D eigenvalue weighted by molar-refractivity contribution is 4.91. The van der Waals surface area contributed by atoms with Crippen molar-refractivity contribution in [3.05, 3.63) is 0 Å². The molecule has 0 unspecified atom stereocenters. The largest absolute Gasteiger partial charge is 0.388 e. The average molecular weight is 439 g/mol. The maximum absolute atomic E-state index is 10.2. The zero-order chi connectivity index (χ0) is 22.3. The van der Waals surface area contributed by atoms with Crippen LogP contribution in [0.3, 0.4) is 0 Å². The minimum Gasteiger partial charge on any atom is -0.388 e. The number of rotatable bonds is 11. The number of aliphatic hydroxyl groups excluding tert-OH is 6. The quantitative estimate of drug-likeness (QED) is 0.221. The van der Waals surface area contributed by atoms with Crippen molar-refractivity contribution < 1.29 is 49.6 Å². The van der Waals surface area contributed by atoms with Crippen molar-refractivity contribution in [2.45, 2.75) is 114 Å². The van der Waals surface area contributed by atoms with Crippen LogP contribution in [0.25, 0.3) is 0 Å². The van der Waals surface area contributed by atoms with Crippen LogP contribution in [-0.2, 0) is 18.9 Å². The van der Waals surface area contributed by atoms with Gasteiger partial charge in [0.05, 0.1) is 12.7 Å². The van der Waals surface area contributed by atoms with E-state index in [2.05, 4.69) is 6.92 Å². The number of hydrogen-bond acceptors (Lipinski definition) is 10. The summed E-state index contributed by atoms with van der Waals surface area (Å²) in [5, 5.41) is 60.0. The van der Waals surface area contributed by atoms with Crippen LogP contribution >= 0.6 is 0 Å². The fraction of sp³-hybridized carbons (Fsp3) is 1.00. The van der Waals surface area contributed by atoms with Crippen LogP contribution < -0.4 is 0 Å². The van der Waals surface area contributed by atoms with Gasteiger partial charge in [-0.15, -0.1) is 0 Å². The second-order valence-corrected chi connectivity index (χ2v) is 8.17. The molecule has 2 fully saturated rings. The second kappa shape index (κ2) is 12.6. The lowest BCUT2D eigenvalue weighted by molar-refractivity contribution is -0.328. The molecule has 0 aromatic heterocycles. The van der Waals surface area contributed by atoms with E-state index in [1.807, 2.05) is 0 Å². The smallest absolute Gasteiger partial charge is 0.186 e. The Labute approximate surface area is 177 Å². The van der Waals surface area contributed by atoms with E-state index in [-0.39, 0.29) is 6.61 Å². The van der Waals surface area contributed by atoms with Gasteiger partial charge in [-0.3, -0.25) is 0 Å². The number of aliphatic hydroxyl groups is 6. The number of ether oxygens (including phenoxy) is 4. The van der Waals surface area contributed by atoms with Gasteiger partial charge in [0.25, 0.3) is 0 Å². The lowest BCUT2D eigenvalue weighted by Gasteiger charge is -2.42. The van der Waals surface area contributed by atoms with Crippen LogP contribution in [0.5, 0.6) is 0 Å². The first-order valence-electron chi connectivity index (χ1n) is 10.9. The third-order valence-electron chi connectivity index (χ3n) is 5.68. The van der Waals surface area contributed by atoms with Gasteiger partial charge in [-0.1, -0.05) is 39.0 Å². The molecule has 2 aliphatic heterocycles. The van der Waals surface area contributed by atoms with E-state index in [1.54, 1.807) is 0 Å². The summed E-state index contributed by atoms with van der Waals surface area (Å²) >= 11 is 0. The highest BCUT2D eigenvalue weighted by Gasteiger charge is 2.46. The van der Waals surface area contributed by atoms with Gasteiger partial charge in [-0.25, -0.2) is 0 Å². The van der Waals surface area contributed by atoms with Gasteiger partial charge in [0.15, 0.2) is 12.6 Å². The lowest BCUT2D eigenvalue weighted by Crippen LogP contribution is -2.61. The number of hydrogen-bond donors (Lipinski definition) is 6. The molecule has 2 heterocycles. The van der Waals surface area contributed by atoms with Gasteiger partial charge in [0, 0.05) is 6.61 Å². The standard InChI is InChI=1S/C20H38O10/c1-3-4-5-6-7-8-9-27-19-18(26)16(24)14(22)12(30-19)10-28-20-17(25)15(23)13(21)11(2)29-20/h11-26H,3-10H2,1-2H3/t11-,12+,13+,14-,15+,16-,17-,18+,19+,20-/m0/s1. The molecule has 2 saturated heterocycles. The van der Waals surface area contributed by atoms with Gasteiger partial charge < -0.3 is 49.6 Å². The summed E-state index contributed by atoms with van der Waals surface area (Å²) in [6.07, 6.45) is -6.32. The number of unbranched alkanes of at least 4 members (excludes halogenated alkanes) is 5. The van der Waals surface area contributed by atoms with Crippen LogP contribution in [0.15, 0.2) is 0 Å². The Balaban J connectivity index is 1.80. The van der Waals surface area contributed by atoms with E-state index >= 15 is 0 Å². The van der Waals surface area contributed by atoms with Crippen molar-refractivity contribution in [1.82, 2.24) is 0 Å². The maximum Gasteiger partial charge on any atom is 0.186 e. The van der Waals surface area contributed by atoms with Crippen molar-refractivity contribution in [2.75, 3.05) is 13.2 Å². The fourth-order valence-electron chi connectivity index (χ4n) is 3.61. The van der Waals surface area contributed by atoms with Gasteiger partial charge in [0.1, 0.15) is 42.7 Å². The molecule has 0 spiro atoms. The van der Waals surface area contributed by atoms with E-state index in [9.17, 15) is 30.6 Å². The Morgan fingerprint density at radius 1 is 0.633 bits per heavy atom. The molecule has 0 bridgehead atoms. The molecule has 30 heavy (non-hydrogen) atoms. The summed E-state index contributed by atoms with van der Waals surface area (Å²) < 4.78 is 21.9. The van der Waals surface area contributed by atoms with Crippen LogP contribution in [0.4, 0.5) is 0 Å². The minimum atomic E-state index is -1.49. The first kappa shape index (κ1) is 25.9. The highest BCUT2D eigenvalue weighted by atomic mass is 16.7. The van der Waals surface area contributed by atoms with E-state index in [0.717, 1.165) is 19.3 Å². The van der Waals surface area contributed by atoms with Crippen LogP contribution in [0.2, 0.25) is 0 Å². The Kier molecular flexibility index (Phi) is 10.9. The topological polar surface area (TPSA) is 158 Å². The van der Waals surface area contributed by atoms with E-state index in [4.69, 9.17) is 18.9 Å². The SMILES string of the molecule is CCCCCCCCO[C@@H]1O[C@H](CO[C@H]2O[C@@H](C)[C@@H](O)[C@@H](O)[C@@H]2O)[C@H](O)[C@H](O)[C@H]1O. The fourth-order valence-corrected chi connectivity index (χ4v) is 3.61. The van der Waals surface area contributed by atoms with Crippen LogP contribution in [0, 0.1) is 0 Å². The molecule has 10 nitrogen and oxygen atoms in total. The van der Waals surface area contributed by atoms with E-state index in [1.165, 1.54) is 26.2 Å². The molecule has 2 rings (SSSR count). The van der Waals surface area contributed by atoms with Gasteiger partial charge in [0.2, 0.25) is 0 Å². The maximum atomic E-state index is 10.2. The van der Waals surface area contributed by atoms with Crippen molar-refractivity contribution >= 4 is 0 Å². The first-order chi connectivity index (χ1) is 14.3. The molecule has 0 aromatic rings. The predicted octanol–water partition coefficient (Wildman–Crippen LogP) is -0.985. The zero-order valence-electron chi connectivity index (χ0n) is 17.7. The monoisotopic (exact) mass is 438 g/mol. The Hall–Kier alpha value is -0.400. The summed E-state index contributed by atoms with van der Waals surface area (Å²) in [5.41, 5.74) is 0. The van der Waals surface area contributed by atoms with Crippen molar-refractivity contribution in [3.63, 3.8) is 0 Å². The van der Waals surface area contributed by atoms with E-state index in [0.29, 0.717) is 6.61 Å². The van der Waals surface area contributed by atoms with Crippen molar-refractivity contribution in [2.24, 2.45) is 0 Å². The van der Waals surface area contributed by atoms with E-state index < -0.39 is 61.4 Å². The third kappa shape index (κ3) is 6.80. The van der Waals surface area contributed by atoms with Crippen molar-refractivity contribution in [1.29, 1.82) is 0 Å². The Morgan fingerprint density at radius 3 is 1.87 bits per heavy atom. The van der Waals surface area contributed by atoms with Gasteiger partial charge in [-0.2, -0.15) is 0 Å². The molecule has 10 atom stereocenters.